The lowest BCUT2D eigenvalue weighted by molar-refractivity contribution is -0.117. The second-order valence-corrected chi connectivity index (χ2v) is 6.45. The van der Waals surface area contributed by atoms with Crippen molar-refractivity contribution in [1.29, 1.82) is 0 Å². The van der Waals surface area contributed by atoms with E-state index in [0.717, 1.165) is 31.6 Å². The molecule has 0 bridgehead atoms. The van der Waals surface area contributed by atoms with Gasteiger partial charge in [0, 0.05) is 41.7 Å². The molecule has 1 aliphatic rings. The Morgan fingerprint density at radius 2 is 1.85 bits per heavy atom. The first-order chi connectivity index (χ1) is 12.7. The molecule has 1 amide bonds. The van der Waals surface area contributed by atoms with E-state index in [1.165, 1.54) is 0 Å². The Morgan fingerprint density at radius 3 is 2.42 bits per heavy atom. The molecule has 1 aliphatic heterocycles. The van der Waals surface area contributed by atoms with Gasteiger partial charge in [0.2, 0.25) is 5.91 Å². The number of aromatic nitrogens is 1. The van der Waals surface area contributed by atoms with Crippen LogP contribution in [0.5, 0.6) is 11.5 Å². The first kappa shape index (κ1) is 18.2. The molecule has 0 radical (unpaired) electrons. The highest BCUT2D eigenvalue weighted by atomic mass is 16.5. The molecule has 1 aromatic carbocycles. The summed E-state index contributed by atoms with van der Waals surface area (Å²) in [7, 11) is 3.18. The molecule has 138 valence electrons. The van der Waals surface area contributed by atoms with Gasteiger partial charge in [-0.15, -0.1) is 0 Å². The van der Waals surface area contributed by atoms with Crippen molar-refractivity contribution in [2.24, 2.45) is 0 Å². The molecule has 0 unspecified atom stereocenters. The molecule has 3 rings (SSSR count). The monoisotopic (exact) mass is 355 g/mol. The van der Waals surface area contributed by atoms with Crippen molar-refractivity contribution in [2.45, 2.75) is 18.8 Å². The molecule has 2 heterocycles. The maximum Gasteiger partial charge on any atom is 0.238 e. The lowest BCUT2D eigenvalue weighted by atomic mass is 9.93. The minimum absolute atomic E-state index is 0.0309. The molecule has 6 nitrogen and oxygen atoms in total. The van der Waals surface area contributed by atoms with E-state index in [9.17, 15) is 4.79 Å². The number of hydrogen-bond acceptors (Lipinski definition) is 5. The van der Waals surface area contributed by atoms with E-state index in [1.807, 2.05) is 18.3 Å². The number of likely N-dealkylation sites (tertiary alicyclic amines) is 1. The van der Waals surface area contributed by atoms with Gasteiger partial charge in [0.05, 0.1) is 20.8 Å². The van der Waals surface area contributed by atoms with Gasteiger partial charge >= 0.3 is 0 Å². The standard InChI is InChI=1S/C20H25N3O3/c1-25-17-11-16(12-18(13-17)26-2)22-20(24)14-23-9-6-15(7-10-23)19-5-3-4-8-21-19/h3-5,8,11-13,15H,6-7,9-10,14H2,1-2H3,(H,22,24). The molecule has 1 saturated heterocycles. The molecule has 1 fully saturated rings. The minimum atomic E-state index is -0.0309. The first-order valence-corrected chi connectivity index (χ1v) is 8.84. The fraction of sp³-hybridized carbons (Fsp3) is 0.400. The Kier molecular flexibility index (Phi) is 6.07. The van der Waals surface area contributed by atoms with Gasteiger partial charge in [-0.2, -0.15) is 0 Å². The number of piperidine rings is 1. The molecule has 0 saturated carbocycles. The van der Waals surface area contributed by atoms with Crippen LogP contribution in [0.15, 0.2) is 42.6 Å². The van der Waals surface area contributed by atoms with Crippen molar-refractivity contribution in [2.75, 3.05) is 39.2 Å². The van der Waals surface area contributed by atoms with Crippen LogP contribution < -0.4 is 14.8 Å². The molecule has 0 aliphatic carbocycles. The van der Waals surface area contributed by atoms with Crippen molar-refractivity contribution in [3.05, 3.63) is 48.3 Å². The van der Waals surface area contributed by atoms with E-state index in [1.54, 1.807) is 32.4 Å². The summed E-state index contributed by atoms with van der Waals surface area (Å²) in [4.78, 5) is 19.0. The van der Waals surface area contributed by atoms with E-state index < -0.39 is 0 Å². The van der Waals surface area contributed by atoms with Crippen LogP contribution in [0.3, 0.4) is 0 Å². The third kappa shape index (κ3) is 4.73. The van der Waals surface area contributed by atoms with Crippen molar-refractivity contribution < 1.29 is 14.3 Å². The van der Waals surface area contributed by atoms with Gasteiger partial charge in [0.25, 0.3) is 0 Å². The molecular formula is C20H25N3O3. The van der Waals surface area contributed by atoms with Gasteiger partial charge in [-0.3, -0.25) is 14.7 Å². The molecular weight excluding hydrogens is 330 g/mol. The fourth-order valence-electron chi connectivity index (χ4n) is 3.29. The number of nitrogens with one attached hydrogen (secondary N) is 1. The first-order valence-electron chi connectivity index (χ1n) is 8.84. The zero-order chi connectivity index (χ0) is 18.4. The maximum atomic E-state index is 12.4. The predicted octanol–water partition coefficient (Wildman–Crippen LogP) is 2.92. The highest BCUT2D eigenvalue weighted by Gasteiger charge is 2.22. The summed E-state index contributed by atoms with van der Waals surface area (Å²) in [5.74, 6) is 1.75. The number of nitrogens with zero attached hydrogens (tertiary/aromatic N) is 2. The number of amides is 1. The number of pyridine rings is 1. The van der Waals surface area contributed by atoms with Gasteiger partial charge in [-0.1, -0.05) is 6.07 Å². The molecule has 1 N–H and O–H groups in total. The zero-order valence-corrected chi connectivity index (χ0v) is 15.3. The smallest absolute Gasteiger partial charge is 0.238 e. The summed E-state index contributed by atoms with van der Waals surface area (Å²) in [6, 6.07) is 11.4. The summed E-state index contributed by atoms with van der Waals surface area (Å²) in [5, 5.41) is 2.93. The van der Waals surface area contributed by atoms with Gasteiger partial charge in [0.1, 0.15) is 11.5 Å². The Balaban J connectivity index is 1.52. The molecule has 6 heteroatoms. The van der Waals surface area contributed by atoms with Gasteiger partial charge in [-0.05, 0) is 38.1 Å². The number of carbonyl (C=O) groups excluding carboxylic acids is 1. The maximum absolute atomic E-state index is 12.4. The van der Waals surface area contributed by atoms with Crippen molar-refractivity contribution in [1.82, 2.24) is 9.88 Å². The lowest BCUT2D eigenvalue weighted by Gasteiger charge is -2.31. The van der Waals surface area contributed by atoms with E-state index >= 15 is 0 Å². The SMILES string of the molecule is COc1cc(NC(=O)CN2CCC(c3ccccn3)CC2)cc(OC)c1. The fourth-order valence-corrected chi connectivity index (χ4v) is 3.29. The van der Waals surface area contributed by atoms with E-state index in [4.69, 9.17) is 9.47 Å². The number of ether oxygens (including phenoxy) is 2. The second-order valence-electron chi connectivity index (χ2n) is 6.45. The number of carbonyl (C=O) groups is 1. The number of rotatable bonds is 6. The third-order valence-corrected chi connectivity index (χ3v) is 4.70. The average Bonchev–Trinajstić information content (AvgIpc) is 2.68. The predicted molar refractivity (Wildman–Crippen MR) is 101 cm³/mol. The van der Waals surface area contributed by atoms with E-state index in [0.29, 0.717) is 29.6 Å². The highest BCUT2D eigenvalue weighted by Crippen LogP contribution is 2.27. The summed E-state index contributed by atoms with van der Waals surface area (Å²) < 4.78 is 10.5. The van der Waals surface area contributed by atoms with E-state index in [2.05, 4.69) is 21.3 Å². The van der Waals surface area contributed by atoms with Crippen LogP contribution in [0, 0.1) is 0 Å². The topological polar surface area (TPSA) is 63.7 Å². The van der Waals surface area contributed by atoms with Crippen LogP contribution in [0.4, 0.5) is 5.69 Å². The molecule has 26 heavy (non-hydrogen) atoms. The molecule has 0 atom stereocenters. The summed E-state index contributed by atoms with van der Waals surface area (Å²) >= 11 is 0. The Hall–Kier alpha value is -2.60. The number of methoxy groups -OCH3 is 2. The van der Waals surface area contributed by atoms with Gasteiger partial charge in [0.15, 0.2) is 0 Å². The zero-order valence-electron chi connectivity index (χ0n) is 15.3. The highest BCUT2D eigenvalue weighted by molar-refractivity contribution is 5.92. The van der Waals surface area contributed by atoms with Gasteiger partial charge < -0.3 is 14.8 Å². The second kappa shape index (κ2) is 8.67. The summed E-state index contributed by atoms with van der Waals surface area (Å²) in [6.45, 7) is 2.18. The molecule has 2 aromatic rings. The van der Waals surface area contributed by atoms with Crippen molar-refractivity contribution >= 4 is 11.6 Å². The number of anilines is 1. The quantitative estimate of drug-likeness (QED) is 0.863. The van der Waals surface area contributed by atoms with Gasteiger partial charge in [-0.25, -0.2) is 0 Å². The van der Waals surface area contributed by atoms with Crippen LogP contribution in [-0.4, -0.2) is 49.6 Å². The molecule has 0 spiro atoms. The van der Waals surface area contributed by atoms with Crippen LogP contribution in [-0.2, 0) is 4.79 Å². The van der Waals surface area contributed by atoms with Crippen molar-refractivity contribution in [3.63, 3.8) is 0 Å². The van der Waals surface area contributed by atoms with Crippen LogP contribution in [0.2, 0.25) is 0 Å². The average molecular weight is 355 g/mol. The Bertz CT molecular complexity index is 706. The lowest BCUT2D eigenvalue weighted by Crippen LogP contribution is -2.38. The molecule has 1 aromatic heterocycles. The largest absolute Gasteiger partial charge is 0.497 e. The number of benzene rings is 1. The van der Waals surface area contributed by atoms with Crippen molar-refractivity contribution in [3.8, 4) is 11.5 Å². The Labute approximate surface area is 154 Å². The summed E-state index contributed by atoms with van der Waals surface area (Å²) in [6.07, 6.45) is 3.89. The van der Waals surface area contributed by atoms with Crippen LogP contribution >= 0.6 is 0 Å². The minimum Gasteiger partial charge on any atom is -0.497 e. The van der Waals surface area contributed by atoms with E-state index in [-0.39, 0.29) is 5.91 Å². The summed E-state index contributed by atoms with van der Waals surface area (Å²) in [5.41, 5.74) is 1.83. The van der Waals surface area contributed by atoms with Crippen LogP contribution in [0.1, 0.15) is 24.5 Å². The van der Waals surface area contributed by atoms with Crippen LogP contribution in [0.25, 0.3) is 0 Å². The number of hydrogen-bond donors (Lipinski definition) is 1. The normalized spacial score (nSPS) is 15.5. The third-order valence-electron chi connectivity index (χ3n) is 4.70. The Morgan fingerprint density at radius 1 is 1.15 bits per heavy atom.